The third-order valence-electron chi connectivity index (χ3n) is 2.50. The van der Waals surface area contributed by atoms with E-state index in [1.807, 2.05) is 13.8 Å². The lowest BCUT2D eigenvalue weighted by molar-refractivity contribution is -0.147. The van der Waals surface area contributed by atoms with Gasteiger partial charge in [0.2, 0.25) is 0 Å². The van der Waals surface area contributed by atoms with Gasteiger partial charge in [0.15, 0.2) is 6.10 Å². The van der Waals surface area contributed by atoms with Crippen molar-refractivity contribution in [2.45, 2.75) is 20.0 Å². The highest BCUT2D eigenvalue weighted by molar-refractivity contribution is 5.77. The molecule has 2 rings (SSSR count). The van der Waals surface area contributed by atoms with Crippen LogP contribution in [0.15, 0.2) is 24.5 Å². The molecule has 0 fully saturated rings. The van der Waals surface area contributed by atoms with E-state index in [9.17, 15) is 4.79 Å². The highest BCUT2D eigenvalue weighted by Crippen LogP contribution is 2.20. The Morgan fingerprint density at radius 3 is 2.88 bits per heavy atom. The monoisotopic (exact) mass is 234 g/mol. The minimum absolute atomic E-state index is 0.0926. The summed E-state index contributed by atoms with van der Waals surface area (Å²) >= 11 is 0. The third kappa shape index (κ3) is 2.38. The summed E-state index contributed by atoms with van der Waals surface area (Å²) in [4.78, 5) is 18.0. The second kappa shape index (κ2) is 4.45. The molecule has 1 aromatic carbocycles. The molecule has 1 aromatic heterocycles. The van der Waals surface area contributed by atoms with E-state index < -0.39 is 12.1 Å². The second-order valence-corrected chi connectivity index (χ2v) is 4.20. The molecular formula is C12H14N2O3. The molecule has 5 nitrogen and oxygen atoms in total. The number of nitrogens with zero attached hydrogens (tertiary/aromatic N) is 1. The smallest absolute Gasteiger partial charge is 0.345 e. The van der Waals surface area contributed by atoms with Crippen LogP contribution in [0.3, 0.4) is 0 Å². The fourth-order valence-electron chi connectivity index (χ4n) is 1.61. The van der Waals surface area contributed by atoms with Crippen LogP contribution in [0.1, 0.15) is 13.8 Å². The Balaban J connectivity index is 2.24. The maximum absolute atomic E-state index is 11.0. The normalized spacial score (nSPS) is 12.9. The molecule has 1 unspecified atom stereocenters. The van der Waals surface area contributed by atoms with Gasteiger partial charge < -0.3 is 14.8 Å². The first-order chi connectivity index (χ1) is 8.08. The lowest BCUT2D eigenvalue weighted by atomic mass is 10.1. The number of imidazole rings is 1. The van der Waals surface area contributed by atoms with Gasteiger partial charge >= 0.3 is 5.97 Å². The number of rotatable bonds is 4. The number of aliphatic carboxylic acids is 1. The molecule has 0 aliphatic rings. The van der Waals surface area contributed by atoms with Crippen LogP contribution in [0.2, 0.25) is 0 Å². The average Bonchev–Trinajstić information content (AvgIpc) is 2.71. The molecule has 0 spiro atoms. The van der Waals surface area contributed by atoms with Gasteiger partial charge in [-0.3, -0.25) is 0 Å². The van der Waals surface area contributed by atoms with Gasteiger partial charge in [-0.15, -0.1) is 0 Å². The number of carboxylic acids is 1. The van der Waals surface area contributed by atoms with Crippen molar-refractivity contribution in [3.05, 3.63) is 24.5 Å². The zero-order chi connectivity index (χ0) is 12.4. The van der Waals surface area contributed by atoms with Crippen molar-refractivity contribution in [1.29, 1.82) is 0 Å². The van der Waals surface area contributed by atoms with E-state index in [-0.39, 0.29) is 5.92 Å². The van der Waals surface area contributed by atoms with Gasteiger partial charge in [-0.1, -0.05) is 13.8 Å². The predicted molar refractivity (Wildman–Crippen MR) is 63.0 cm³/mol. The molecule has 1 atom stereocenters. The Morgan fingerprint density at radius 1 is 1.47 bits per heavy atom. The molecule has 0 amide bonds. The van der Waals surface area contributed by atoms with Crippen molar-refractivity contribution in [2.24, 2.45) is 5.92 Å². The van der Waals surface area contributed by atoms with E-state index in [2.05, 4.69) is 9.97 Å². The minimum Gasteiger partial charge on any atom is -0.478 e. The van der Waals surface area contributed by atoms with E-state index in [1.54, 1.807) is 24.5 Å². The van der Waals surface area contributed by atoms with Crippen molar-refractivity contribution in [1.82, 2.24) is 9.97 Å². The fourth-order valence-corrected chi connectivity index (χ4v) is 1.61. The Labute approximate surface area is 98.4 Å². The minimum atomic E-state index is -0.954. The maximum atomic E-state index is 11.0. The summed E-state index contributed by atoms with van der Waals surface area (Å²) < 4.78 is 5.47. The van der Waals surface area contributed by atoms with Crippen molar-refractivity contribution in [3.8, 4) is 5.75 Å². The van der Waals surface area contributed by atoms with Crippen molar-refractivity contribution in [2.75, 3.05) is 0 Å². The number of hydrogen-bond acceptors (Lipinski definition) is 3. The number of carbonyl (C=O) groups is 1. The number of benzene rings is 1. The number of aromatic amines is 1. The second-order valence-electron chi connectivity index (χ2n) is 4.20. The van der Waals surface area contributed by atoms with E-state index >= 15 is 0 Å². The van der Waals surface area contributed by atoms with Crippen LogP contribution < -0.4 is 4.74 Å². The zero-order valence-corrected chi connectivity index (χ0v) is 9.68. The van der Waals surface area contributed by atoms with Gasteiger partial charge in [0, 0.05) is 12.0 Å². The molecule has 0 aliphatic carbocycles. The highest BCUT2D eigenvalue weighted by Gasteiger charge is 2.23. The summed E-state index contributed by atoms with van der Waals surface area (Å²) in [5.41, 5.74) is 1.66. The standard InChI is InChI=1S/C12H14N2O3/c1-7(2)11(12(15)16)17-8-3-4-9-10(5-8)14-6-13-9/h3-7,11H,1-2H3,(H,13,14)(H,15,16). The molecule has 2 aromatic rings. The summed E-state index contributed by atoms with van der Waals surface area (Å²) in [5.74, 6) is -0.516. The van der Waals surface area contributed by atoms with Crippen molar-refractivity contribution >= 4 is 17.0 Å². The van der Waals surface area contributed by atoms with Crippen LogP contribution >= 0.6 is 0 Å². The molecule has 17 heavy (non-hydrogen) atoms. The Bertz CT molecular complexity index is 533. The lowest BCUT2D eigenvalue weighted by Crippen LogP contribution is -2.32. The summed E-state index contributed by atoms with van der Waals surface area (Å²) in [6.07, 6.45) is 0.751. The summed E-state index contributed by atoms with van der Waals surface area (Å²) in [6, 6.07) is 5.27. The van der Waals surface area contributed by atoms with E-state index in [4.69, 9.17) is 9.84 Å². The van der Waals surface area contributed by atoms with Gasteiger partial charge in [0.25, 0.3) is 0 Å². The lowest BCUT2D eigenvalue weighted by Gasteiger charge is -2.18. The van der Waals surface area contributed by atoms with Gasteiger partial charge in [-0.05, 0) is 12.1 Å². The van der Waals surface area contributed by atoms with Crippen molar-refractivity contribution < 1.29 is 14.6 Å². The molecule has 0 bridgehead atoms. The van der Waals surface area contributed by atoms with E-state index in [0.29, 0.717) is 5.75 Å². The first-order valence-electron chi connectivity index (χ1n) is 5.40. The molecule has 0 saturated heterocycles. The number of H-pyrrole nitrogens is 1. The Morgan fingerprint density at radius 2 is 2.24 bits per heavy atom. The zero-order valence-electron chi connectivity index (χ0n) is 9.68. The van der Waals surface area contributed by atoms with Gasteiger partial charge in [0.05, 0.1) is 17.4 Å². The molecule has 5 heteroatoms. The first kappa shape index (κ1) is 11.4. The molecular weight excluding hydrogens is 220 g/mol. The summed E-state index contributed by atoms with van der Waals surface area (Å²) in [7, 11) is 0. The Hall–Kier alpha value is -2.04. The van der Waals surface area contributed by atoms with Crippen LogP contribution in [-0.4, -0.2) is 27.1 Å². The van der Waals surface area contributed by atoms with Crippen LogP contribution in [0.4, 0.5) is 0 Å². The molecule has 2 N–H and O–H groups in total. The van der Waals surface area contributed by atoms with Crippen LogP contribution in [0, 0.1) is 5.92 Å². The number of nitrogens with one attached hydrogen (secondary N) is 1. The number of fused-ring (bicyclic) bond motifs is 1. The topological polar surface area (TPSA) is 75.2 Å². The summed E-state index contributed by atoms with van der Waals surface area (Å²) in [5, 5.41) is 9.03. The molecule has 0 radical (unpaired) electrons. The SMILES string of the molecule is CC(C)C(Oc1ccc2nc[nH]c2c1)C(=O)O. The fraction of sp³-hybridized carbons (Fsp3) is 0.333. The number of aromatic nitrogens is 2. The molecule has 0 aliphatic heterocycles. The molecule has 1 heterocycles. The quantitative estimate of drug-likeness (QED) is 0.849. The predicted octanol–water partition coefficient (Wildman–Crippen LogP) is 2.05. The first-order valence-corrected chi connectivity index (χ1v) is 5.40. The summed E-state index contributed by atoms with van der Waals surface area (Å²) in [6.45, 7) is 3.63. The van der Waals surface area contributed by atoms with Crippen molar-refractivity contribution in [3.63, 3.8) is 0 Å². The number of ether oxygens (including phenoxy) is 1. The molecule has 90 valence electrons. The van der Waals surface area contributed by atoms with Crippen LogP contribution in [0.25, 0.3) is 11.0 Å². The highest BCUT2D eigenvalue weighted by atomic mass is 16.5. The van der Waals surface area contributed by atoms with E-state index in [1.165, 1.54) is 0 Å². The van der Waals surface area contributed by atoms with Gasteiger partial charge in [-0.25, -0.2) is 9.78 Å². The molecule has 0 saturated carbocycles. The van der Waals surface area contributed by atoms with Crippen LogP contribution in [0.5, 0.6) is 5.75 Å². The van der Waals surface area contributed by atoms with E-state index in [0.717, 1.165) is 11.0 Å². The third-order valence-corrected chi connectivity index (χ3v) is 2.50. The number of hydrogen-bond donors (Lipinski definition) is 2. The van der Waals surface area contributed by atoms with Crippen LogP contribution in [-0.2, 0) is 4.79 Å². The maximum Gasteiger partial charge on any atom is 0.345 e. The Kier molecular flexibility index (Phi) is 2.99. The van der Waals surface area contributed by atoms with Gasteiger partial charge in [-0.2, -0.15) is 0 Å². The largest absolute Gasteiger partial charge is 0.478 e. The average molecular weight is 234 g/mol. The van der Waals surface area contributed by atoms with Gasteiger partial charge in [0.1, 0.15) is 5.75 Å². The number of carboxylic acid groups (broad SMARTS) is 1.